The molecule has 1 aliphatic heterocycles. The molecule has 178 valence electrons. The number of halogens is 3. The van der Waals surface area contributed by atoms with Crippen LogP contribution in [0.3, 0.4) is 0 Å². The molecule has 11 heteroatoms. The minimum Gasteiger partial charge on any atom is -0.442 e. The van der Waals surface area contributed by atoms with Crippen molar-refractivity contribution in [1.29, 1.82) is 0 Å². The molecule has 0 spiro atoms. The number of amides is 2. The number of aryl methyl sites for hydroxylation is 1. The van der Waals surface area contributed by atoms with E-state index in [0.29, 0.717) is 42.8 Å². The van der Waals surface area contributed by atoms with Crippen LogP contribution in [0.2, 0.25) is 0 Å². The Morgan fingerprint density at radius 2 is 2.09 bits per heavy atom. The Bertz CT molecular complexity index is 1270. The molecule has 1 fully saturated rings. The van der Waals surface area contributed by atoms with Crippen molar-refractivity contribution in [1.82, 2.24) is 10.5 Å². The van der Waals surface area contributed by atoms with E-state index in [2.05, 4.69) is 10.5 Å². The quantitative estimate of drug-likeness (QED) is 0.553. The van der Waals surface area contributed by atoms with Gasteiger partial charge in [0, 0.05) is 40.1 Å². The molecule has 0 radical (unpaired) electrons. The Morgan fingerprint density at radius 1 is 1.26 bits per heavy atom. The van der Waals surface area contributed by atoms with E-state index in [1.165, 1.54) is 17.2 Å². The number of alkyl halides is 3. The summed E-state index contributed by atoms with van der Waals surface area (Å²) < 4.78 is 51.3. The highest BCUT2D eigenvalue weighted by Crippen LogP contribution is 2.44. The van der Waals surface area contributed by atoms with Gasteiger partial charge in [-0.25, -0.2) is 4.79 Å². The van der Waals surface area contributed by atoms with Crippen LogP contribution in [-0.2, 0) is 28.5 Å². The van der Waals surface area contributed by atoms with Gasteiger partial charge in [0.05, 0.1) is 18.7 Å². The normalized spacial score (nSPS) is 17.7. The third-order valence-corrected chi connectivity index (χ3v) is 6.72. The van der Waals surface area contributed by atoms with Crippen molar-refractivity contribution in [2.24, 2.45) is 0 Å². The van der Waals surface area contributed by atoms with E-state index in [-0.39, 0.29) is 23.7 Å². The fourth-order valence-electron chi connectivity index (χ4n) is 4.39. The average molecular weight is 491 g/mol. The number of aromatic nitrogens is 1. The van der Waals surface area contributed by atoms with Crippen LogP contribution in [0.25, 0.3) is 22.6 Å². The van der Waals surface area contributed by atoms with E-state index >= 15 is 0 Å². The molecular formula is C23H20F3N3O4S. The predicted octanol–water partition coefficient (Wildman–Crippen LogP) is 5.04. The summed E-state index contributed by atoms with van der Waals surface area (Å²) in [6.45, 7) is 1.93. The number of nitrogens with one attached hydrogen (secondary N) is 1. The zero-order valence-corrected chi connectivity index (χ0v) is 18.9. The summed E-state index contributed by atoms with van der Waals surface area (Å²) in [7, 11) is 0. The van der Waals surface area contributed by atoms with Crippen molar-refractivity contribution < 1.29 is 32.0 Å². The number of cyclic esters (lactones) is 1. The monoisotopic (exact) mass is 491 g/mol. The van der Waals surface area contributed by atoms with Crippen molar-refractivity contribution in [2.45, 2.75) is 38.5 Å². The average Bonchev–Trinajstić information content (AvgIpc) is 3.48. The molecule has 0 bridgehead atoms. The Morgan fingerprint density at radius 3 is 2.85 bits per heavy atom. The van der Waals surface area contributed by atoms with Crippen molar-refractivity contribution in [3.8, 4) is 22.6 Å². The van der Waals surface area contributed by atoms with Gasteiger partial charge in [0.2, 0.25) is 5.91 Å². The first kappa shape index (κ1) is 22.5. The van der Waals surface area contributed by atoms with Crippen LogP contribution in [0.5, 0.6) is 0 Å². The summed E-state index contributed by atoms with van der Waals surface area (Å²) in [5.74, 6) is 0.257. The van der Waals surface area contributed by atoms with Crippen LogP contribution in [0.4, 0.5) is 23.7 Å². The molecule has 1 aromatic carbocycles. The number of benzene rings is 1. The zero-order chi connectivity index (χ0) is 24.0. The number of nitrogens with zero attached hydrogens (tertiary/aromatic N) is 2. The smallest absolute Gasteiger partial charge is 0.417 e. The number of carbonyl (C=O) groups is 2. The highest BCUT2D eigenvalue weighted by Gasteiger charge is 2.37. The summed E-state index contributed by atoms with van der Waals surface area (Å²) in [6, 6.07) is 5.43. The zero-order valence-electron chi connectivity index (χ0n) is 18.1. The standard InChI is InChI=1S/C23H20F3N3O4S/c1-12(30)27-8-15-9-29(22(31)32-15)14-5-6-16-13(7-14)3-2-4-17-20(28-33-21(16)17)18-10-34-11-19(18)23(24,25)26/h5-7,10-11,15H,2-4,8-9H2,1H3,(H,27,30)/t15-/m0/s1. The highest BCUT2D eigenvalue weighted by molar-refractivity contribution is 7.08. The molecular weight excluding hydrogens is 471 g/mol. The van der Waals surface area contributed by atoms with Gasteiger partial charge in [-0.15, -0.1) is 0 Å². The Hall–Kier alpha value is -3.34. The third-order valence-electron chi connectivity index (χ3n) is 5.98. The van der Waals surface area contributed by atoms with Crippen LogP contribution in [0, 0.1) is 0 Å². The lowest BCUT2D eigenvalue weighted by atomic mass is 9.99. The van der Waals surface area contributed by atoms with E-state index in [4.69, 9.17) is 9.26 Å². The lowest BCUT2D eigenvalue weighted by Crippen LogP contribution is -2.33. The second-order valence-electron chi connectivity index (χ2n) is 8.28. The minimum absolute atomic E-state index is 0.0348. The molecule has 0 saturated carbocycles. The number of carbonyl (C=O) groups excluding carboxylic acids is 2. The first-order chi connectivity index (χ1) is 16.2. The molecule has 1 atom stereocenters. The SMILES string of the molecule is CC(=O)NC[C@H]1CN(c2ccc3c(c2)CCCc2c(-c4cscc4C(F)(F)F)noc2-3)C(=O)O1. The van der Waals surface area contributed by atoms with Gasteiger partial charge in [0.25, 0.3) is 0 Å². The summed E-state index contributed by atoms with van der Waals surface area (Å²) >= 11 is 0.980. The molecule has 3 heterocycles. The molecule has 2 aromatic heterocycles. The van der Waals surface area contributed by atoms with Crippen LogP contribution in [0.1, 0.15) is 30.0 Å². The van der Waals surface area contributed by atoms with E-state index in [9.17, 15) is 22.8 Å². The van der Waals surface area contributed by atoms with Gasteiger partial charge in [0.15, 0.2) is 5.76 Å². The van der Waals surface area contributed by atoms with Crippen LogP contribution >= 0.6 is 11.3 Å². The minimum atomic E-state index is -4.47. The molecule has 1 saturated heterocycles. The molecule has 5 rings (SSSR count). The summed E-state index contributed by atoms with van der Waals surface area (Å²) in [6.07, 6.45) is -3.54. The Labute approximate surface area is 196 Å². The molecule has 3 aromatic rings. The second-order valence-corrected chi connectivity index (χ2v) is 9.03. The molecule has 0 unspecified atom stereocenters. The van der Waals surface area contributed by atoms with Gasteiger partial charge in [-0.3, -0.25) is 9.69 Å². The van der Waals surface area contributed by atoms with Gasteiger partial charge in [-0.2, -0.15) is 24.5 Å². The molecule has 1 N–H and O–H groups in total. The maximum absolute atomic E-state index is 13.4. The Kier molecular flexibility index (Phi) is 5.59. The number of thiophene rings is 1. The van der Waals surface area contributed by atoms with E-state index in [0.717, 1.165) is 27.8 Å². The van der Waals surface area contributed by atoms with E-state index in [1.807, 2.05) is 6.07 Å². The summed E-state index contributed by atoms with van der Waals surface area (Å²) in [5, 5.41) is 9.20. The maximum Gasteiger partial charge on any atom is 0.417 e. The van der Waals surface area contributed by atoms with Crippen molar-refractivity contribution in [3.05, 3.63) is 45.6 Å². The molecule has 34 heavy (non-hydrogen) atoms. The van der Waals surface area contributed by atoms with Crippen LogP contribution < -0.4 is 10.2 Å². The first-order valence-electron chi connectivity index (χ1n) is 10.7. The number of ether oxygens (including phenoxy) is 1. The molecule has 7 nitrogen and oxygen atoms in total. The number of fused-ring (bicyclic) bond motifs is 3. The predicted molar refractivity (Wildman–Crippen MR) is 119 cm³/mol. The largest absolute Gasteiger partial charge is 0.442 e. The van der Waals surface area contributed by atoms with Crippen LogP contribution in [-0.4, -0.2) is 36.4 Å². The maximum atomic E-state index is 13.4. The molecule has 2 aliphatic rings. The molecule has 2 amide bonds. The van der Waals surface area contributed by atoms with E-state index < -0.39 is 23.9 Å². The first-order valence-corrected chi connectivity index (χ1v) is 11.6. The third kappa shape index (κ3) is 4.04. The van der Waals surface area contributed by atoms with Gasteiger partial charge in [-0.1, -0.05) is 5.16 Å². The summed E-state index contributed by atoms with van der Waals surface area (Å²) in [5.41, 5.74) is 2.52. The second kappa shape index (κ2) is 8.46. The number of hydrogen-bond donors (Lipinski definition) is 1. The van der Waals surface area contributed by atoms with Gasteiger partial charge in [0.1, 0.15) is 11.8 Å². The fraction of sp³-hybridized carbons (Fsp3) is 0.348. The fourth-order valence-corrected chi connectivity index (χ4v) is 5.23. The summed E-state index contributed by atoms with van der Waals surface area (Å²) in [4.78, 5) is 25.0. The number of rotatable bonds is 4. The van der Waals surface area contributed by atoms with Crippen molar-refractivity contribution >= 4 is 29.0 Å². The lowest BCUT2D eigenvalue weighted by molar-refractivity contribution is -0.136. The van der Waals surface area contributed by atoms with E-state index in [1.54, 1.807) is 12.1 Å². The number of anilines is 1. The van der Waals surface area contributed by atoms with Gasteiger partial charge >= 0.3 is 12.3 Å². The van der Waals surface area contributed by atoms with Gasteiger partial charge < -0.3 is 14.6 Å². The van der Waals surface area contributed by atoms with Gasteiger partial charge in [-0.05, 0) is 43.0 Å². The van der Waals surface area contributed by atoms with Crippen molar-refractivity contribution in [2.75, 3.05) is 18.0 Å². The topological polar surface area (TPSA) is 84.7 Å². The lowest BCUT2D eigenvalue weighted by Gasteiger charge is -2.15. The highest BCUT2D eigenvalue weighted by atomic mass is 32.1. The van der Waals surface area contributed by atoms with Crippen molar-refractivity contribution in [3.63, 3.8) is 0 Å². The number of hydrogen-bond acceptors (Lipinski definition) is 6. The van der Waals surface area contributed by atoms with Crippen LogP contribution in [0.15, 0.2) is 33.5 Å². The molecule has 1 aliphatic carbocycles. The Balaban J connectivity index is 1.45.